The van der Waals surface area contributed by atoms with Gasteiger partial charge in [-0.05, 0) is 19.8 Å². The maximum Gasteiger partial charge on any atom is 0.290 e. The molecule has 2 aliphatic heterocycles. The lowest BCUT2D eigenvalue weighted by Gasteiger charge is -2.31. The minimum atomic E-state index is -0.308. The number of anilines is 1. The molecule has 3 heterocycles. The predicted octanol–water partition coefficient (Wildman–Crippen LogP) is -0.116. The highest BCUT2D eigenvalue weighted by Gasteiger charge is 2.39. The minimum Gasteiger partial charge on any atom is -0.483 e. The maximum atomic E-state index is 12.5. The van der Waals surface area contributed by atoms with Crippen molar-refractivity contribution in [1.29, 1.82) is 0 Å². The van der Waals surface area contributed by atoms with E-state index in [1.165, 1.54) is 11.3 Å². The molecule has 0 bridgehead atoms. The molecule has 10 heteroatoms. The van der Waals surface area contributed by atoms with Crippen LogP contribution in [0.4, 0.5) is 5.13 Å². The second-order valence-electron chi connectivity index (χ2n) is 5.67. The average Bonchev–Trinajstić information content (AvgIpc) is 3.14. The van der Waals surface area contributed by atoms with Gasteiger partial charge in [0.2, 0.25) is 16.9 Å². The van der Waals surface area contributed by atoms with E-state index in [1.54, 1.807) is 9.80 Å². The standard InChI is InChI=1S/C13H18N4O3S.CH2O2/c1-8-14-15-13(21-8)17-7-9(6-11(17)19)12(20)16-4-2-10(18)3-5-16;2-1-3/h9-10,18H,2-7H2,1H3;1H,(H,2,3). The number of likely N-dealkylation sites (tertiary alicyclic amines) is 1. The molecular formula is C14H20N4O5S. The number of hydrogen-bond acceptors (Lipinski definition) is 7. The molecule has 3 rings (SSSR count). The molecular weight excluding hydrogens is 336 g/mol. The zero-order valence-electron chi connectivity index (χ0n) is 13.3. The number of aliphatic hydroxyl groups excluding tert-OH is 1. The van der Waals surface area contributed by atoms with E-state index in [2.05, 4.69) is 10.2 Å². The van der Waals surface area contributed by atoms with Crippen LogP contribution in [0.2, 0.25) is 0 Å². The third-order valence-corrected chi connectivity index (χ3v) is 4.86. The van der Waals surface area contributed by atoms with Gasteiger partial charge in [-0.3, -0.25) is 19.3 Å². The van der Waals surface area contributed by atoms with E-state index in [0.29, 0.717) is 37.6 Å². The monoisotopic (exact) mass is 356 g/mol. The van der Waals surface area contributed by atoms with Gasteiger partial charge in [0.15, 0.2) is 0 Å². The largest absolute Gasteiger partial charge is 0.483 e. The lowest BCUT2D eigenvalue weighted by Crippen LogP contribution is -2.43. The minimum absolute atomic E-state index is 0.0130. The molecule has 0 aromatic carbocycles. The molecule has 9 nitrogen and oxygen atoms in total. The van der Waals surface area contributed by atoms with Crippen molar-refractivity contribution < 1.29 is 24.6 Å². The molecule has 132 valence electrons. The van der Waals surface area contributed by atoms with Crippen LogP contribution in [-0.2, 0) is 14.4 Å². The number of aromatic nitrogens is 2. The van der Waals surface area contributed by atoms with Gasteiger partial charge in [-0.15, -0.1) is 10.2 Å². The van der Waals surface area contributed by atoms with Crippen LogP contribution in [0.1, 0.15) is 24.3 Å². The molecule has 0 radical (unpaired) electrons. The average molecular weight is 356 g/mol. The molecule has 0 saturated carbocycles. The second kappa shape index (κ2) is 8.15. The predicted molar refractivity (Wildman–Crippen MR) is 85.6 cm³/mol. The maximum absolute atomic E-state index is 12.5. The molecule has 2 saturated heterocycles. The topological polar surface area (TPSA) is 124 Å². The molecule has 2 N–H and O–H groups in total. The van der Waals surface area contributed by atoms with Crippen molar-refractivity contribution >= 4 is 34.8 Å². The van der Waals surface area contributed by atoms with Crippen LogP contribution in [0.25, 0.3) is 0 Å². The number of carbonyl (C=O) groups is 3. The summed E-state index contributed by atoms with van der Waals surface area (Å²) in [5.41, 5.74) is 0. The molecule has 2 fully saturated rings. The van der Waals surface area contributed by atoms with Gasteiger partial charge in [0.05, 0.1) is 12.0 Å². The number of hydrogen-bond donors (Lipinski definition) is 2. The summed E-state index contributed by atoms with van der Waals surface area (Å²) >= 11 is 1.36. The highest BCUT2D eigenvalue weighted by molar-refractivity contribution is 7.15. The Balaban J connectivity index is 0.000000647. The number of carboxylic acid groups (broad SMARTS) is 1. The SMILES string of the molecule is Cc1nnc(N2CC(C(=O)N3CCC(O)CC3)CC2=O)s1.O=CO. The Hall–Kier alpha value is -2.07. The zero-order valence-corrected chi connectivity index (χ0v) is 14.1. The molecule has 1 atom stereocenters. The molecule has 0 aliphatic carbocycles. The number of aliphatic hydroxyl groups is 1. The fraction of sp³-hybridized carbons (Fsp3) is 0.643. The quantitative estimate of drug-likeness (QED) is 0.708. The lowest BCUT2D eigenvalue weighted by atomic mass is 10.0. The first-order chi connectivity index (χ1) is 11.5. The normalized spacial score (nSPS) is 21.4. The highest BCUT2D eigenvalue weighted by Crippen LogP contribution is 2.29. The number of piperidine rings is 1. The van der Waals surface area contributed by atoms with E-state index in [9.17, 15) is 14.7 Å². The Morgan fingerprint density at radius 3 is 2.50 bits per heavy atom. The summed E-state index contributed by atoms with van der Waals surface area (Å²) in [7, 11) is 0. The van der Waals surface area contributed by atoms with Gasteiger partial charge in [-0.25, -0.2) is 0 Å². The second-order valence-corrected chi connectivity index (χ2v) is 6.83. The van der Waals surface area contributed by atoms with Gasteiger partial charge < -0.3 is 15.1 Å². The molecule has 2 amide bonds. The highest BCUT2D eigenvalue weighted by atomic mass is 32.1. The summed E-state index contributed by atoms with van der Waals surface area (Å²) in [6.07, 6.45) is 1.16. The first-order valence-corrected chi connectivity index (χ1v) is 8.43. The van der Waals surface area contributed by atoms with Gasteiger partial charge in [0.25, 0.3) is 6.47 Å². The van der Waals surface area contributed by atoms with Crippen molar-refractivity contribution in [3.05, 3.63) is 5.01 Å². The van der Waals surface area contributed by atoms with Gasteiger partial charge >= 0.3 is 0 Å². The number of aryl methyl sites for hydroxylation is 1. The Kier molecular flexibility index (Phi) is 6.21. The van der Waals surface area contributed by atoms with Crippen LogP contribution < -0.4 is 4.90 Å². The number of amides is 2. The van der Waals surface area contributed by atoms with E-state index < -0.39 is 0 Å². The summed E-state index contributed by atoms with van der Waals surface area (Å²) in [5.74, 6) is -0.363. The van der Waals surface area contributed by atoms with Gasteiger partial charge in [0, 0.05) is 26.1 Å². The van der Waals surface area contributed by atoms with E-state index in [4.69, 9.17) is 9.90 Å². The number of carbonyl (C=O) groups excluding carboxylic acids is 2. The summed E-state index contributed by atoms with van der Waals surface area (Å²) in [4.78, 5) is 36.2. The Labute approximate surface area is 142 Å². The van der Waals surface area contributed by atoms with Gasteiger partial charge in [0.1, 0.15) is 5.01 Å². The third kappa shape index (κ3) is 4.26. The van der Waals surface area contributed by atoms with Crippen molar-refractivity contribution in [3.63, 3.8) is 0 Å². The van der Waals surface area contributed by atoms with Crippen molar-refractivity contribution in [3.8, 4) is 0 Å². The smallest absolute Gasteiger partial charge is 0.290 e. The van der Waals surface area contributed by atoms with Crippen molar-refractivity contribution in [2.75, 3.05) is 24.5 Å². The Morgan fingerprint density at radius 2 is 1.96 bits per heavy atom. The first kappa shape index (κ1) is 18.3. The van der Waals surface area contributed by atoms with Crippen LogP contribution in [0.15, 0.2) is 0 Å². The molecule has 1 aromatic rings. The third-order valence-electron chi connectivity index (χ3n) is 4.00. The molecule has 2 aliphatic rings. The van der Waals surface area contributed by atoms with Crippen molar-refractivity contribution in [2.24, 2.45) is 5.92 Å². The fourth-order valence-electron chi connectivity index (χ4n) is 2.80. The lowest BCUT2D eigenvalue weighted by molar-refractivity contribution is -0.137. The van der Waals surface area contributed by atoms with E-state index in [0.717, 1.165) is 5.01 Å². The molecule has 1 unspecified atom stereocenters. The summed E-state index contributed by atoms with van der Waals surface area (Å²) in [6, 6.07) is 0. The Morgan fingerprint density at radius 1 is 1.33 bits per heavy atom. The molecule has 1 aromatic heterocycles. The van der Waals surface area contributed by atoms with Crippen LogP contribution >= 0.6 is 11.3 Å². The summed E-state index contributed by atoms with van der Waals surface area (Å²) in [6.45, 7) is 3.11. The summed E-state index contributed by atoms with van der Waals surface area (Å²) in [5, 5.41) is 25.7. The van der Waals surface area contributed by atoms with Gasteiger partial charge in [-0.1, -0.05) is 11.3 Å². The van der Waals surface area contributed by atoms with Crippen molar-refractivity contribution in [2.45, 2.75) is 32.3 Å². The van der Waals surface area contributed by atoms with E-state index >= 15 is 0 Å². The fourth-order valence-corrected chi connectivity index (χ4v) is 3.51. The molecule has 24 heavy (non-hydrogen) atoms. The first-order valence-electron chi connectivity index (χ1n) is 7.61. The number of rotatable bonds is 2. The van der Waals surface area contributed by atoms with Gasteiger partial charge in [-0.2, -0.15) is 0 Å². The summed E-state index contributed by atoms with van der Waals surface area (Å²) < 4.78 is 0. The molecule has 0 spiro atoms. The van der Waals surface area contributed by atoms with E-state index in [1.807, 2.05) is 6.92 Å². The van der Waals surface area contributed by atoms with Crippen LogP contribution in [0, 0.1) is 12.8 Å². The zero-order chi connectivity index (χ0) is 17.7. The Bertz CT molecular complexity index is 600. The van der Waals surface area contributed by atoms with Crippen LogP contribution in [0.5, 0.6) is 0 Å². The van der Waals surface area contributed by atoms with E-state index in [-0.39, 0.29) is 36.7 Å². The van der Waals surface area contributed by atoms with Crippen LogP contribution in [0.3, 0.4) is 0 Å². The van der Waals surface area contributed by atoms with Crippen molar-refractivity contribution in [1.82, 2.24) is 15.1 Å². The number of nitrogens with zero attached hydrogens (tertiary/aromatic N) is 4. The van der Waals surface area contributed by atoms with Crippen LogP contribution in [-0.4, -0.2) is 69.3 Å².